The van der Waals surface area contributed by atoms with Crippen molar-refractivity contribution in [3.05, 3.63) is 34.4 Å². The first-order valence-electron chi connectivity index (χ1n) is 4.72. The Kier molecular flexibility index (Phi) is 3.91. The van der Waals surface area contributed by atoms with E-state index in [1.807, 2.05) is 0 Å². The molecule has 4 nitrogen and oxygen atoms in total. The summed E-state index contributed by atoms with van der Waals surface area (Å²) in [4.78, 5) is 9.96. The van der Waals surface area contributed by atoms with Gasteiger partial charge in [0.15, 0.2) is 0 Å². The number of nitro groups is 1. The third-order valence-electron chi connectivity index (χ3n) is 1.94. The van der Waals surface area contributed by atoms with Crippen molar-refractivity contribution < 1.29 is 4.92 Å². The molecule has 0 aliphatic carbocycles. The molecule has 0 saturated heterocycles. The van der Waals surface area contributed by atoms with Crippen molar-refractivity contribution in [2.24, 2.45) is 0 Å². The minimum absolute atomic E-state index is 0.131. The zero-order valence-corrected chi connectivity index (χ0v) is 8.19. The van der Waals surface area contributed by atoms with Crippen LogP contribution in [0.5, 0.6) is 0 Å². The molecule has 0 fully saturated rings. The summed E-state index contributed by atoms with van der Waals surface area (Å²) in [5, 5.41) is 13.5. The fraction of sp³-hybridized carbons (Fsp3) is 0.400. The molecule has 14 heavy (non-hydrogen) atoms. The monoisotopic (exact) mass is 194 g/mol. The van der Waals surface area contributed by atoms with Crippen LogP contribution in [0.3, 0.4) is 0 Å². The second-order valence-corrected chi connectivity index (χ2v) is 3.08. The molecule has 0 aliphatic rings. The van der Waals surface area contributed by atoms with Gasteiger partial charge in [-0.25, -0.2) is 0 Å². The van der Waals surface area contributed by atoms with Crippen molar-refractivity contribution in [3.63, 3.8) is 0 Å². The van der Waals surface area contributed by atoms with Gasteiger partial charge in [0.1, 0.15) is 0 Å². The van der Waals surface area contributed by atoms with E-state index in [1.165, 1.54) is 12.1 Å². The molecule has 0 spiro atoms. The number of non-ortho nitro benzene ring substituents is 1. The Morgan fingerprint density at radius 3 is 2.50 bits per heavy atom. The number of nitro benzene ring substituents is 1. The predicted molar refractivity (Wildman–Crippen MR) is 56.5 cm³/mol. The van der Waals surface area contributed by atoms with Crippen molar-refractivity contribution in [2.45, 2.75) is 19.8 Å². The van der Waals surface area contributed by atoms with Gasteiger partial charge in [-0.15, -0.1) is 0 Å². The number of anilines is 1. The van der Waals surface area contributed by atoms with Crippen LogP contribution in [0.15, 0.2) is 24.3 Å². The van der Waals surface area contributed by atoms with Crippen molar-refractivity contribution in [3.8, 4) is 0 Å². The molecule has 1 aromatic rings. The second-order valence-electron chi connectivity index (χ2n) is 3.08. The Hall–Kier alpha value is -1.58. The molecule has 0 unspecified atom stereocenters. The summed E-state index contributed by atoms with van der Waals surface area (Å²) in [7, 11) is 0. The van der Waals surface area contributed by atoms with Crippen LogP contribution in [0.4, 0.5) is 11.4 Å². The number of benzene rings is 1. The van der Waals surface area contributed by atoms with E-state index in [1.54, 1.807) is 12.1 Å². The molecule has 0 radical (unpaired) electrons. The number of nitrogens with one attached hydrogen (secondary N) is 1. The smallest absolute Gasteiger partial charge is 0.269 e. The van der Waals surface area contributed by atoms with Crippen molar-refractivity contribution in [1.29, 1.82) is 0 Å². The fourth-order valence-electron chi connectivity index (χ4n) is 1.11. The van der Waals surface area contributed by atoms with Crippen molar-refractivity contribution >= 4 is 11.4 Å². The van der Waals surface area contributed by atoms with Crippen LogP contribution in [0.25, 0.3) is 0 Å². The van der Waals surface area contributed by atoms with E-state index in [0.29, 0.717) is 0 Å². The van der Waals surface area contributed by atoms with Crippen LogP contribution in [-0.4, -0.2) is 11.5 Å². The molecule has 0 heterocycles. The first-order chi connectivity index (χ1) is 6.74. The van der Waals surface area contributed by atoms with Crippen LogP contribution >= 0.6 is 0 Å². The zero-order chi connectivity index (χ0) is 10.4. The second kappa shape index (κ2) is 5.21. The molecule has 0 aromatic heterocycles. The Morgan fingerprint density at radius 2 is 2.00 bits per heavy atom. The molecule has 0 amide bonds. The van der Waals surface area contributed by atoms with Gasteiger partial charge < -0.3 is 5.32 Å². The SMILES string of the molecule is CCCCNc1ccc([N+](=O)[O-])cc1. The number of nitrogens with zero attached hydrogens (tertiary/aromatic N) is 1. The highest BCUT2D eigenvalue weighted by Gasteiger charge is 2.02. The highest BCUT2D eigenvalue weighted by Crippen LogP contribution is 2.15. The van der Waals surface area contributed by atoms with Gasteiger partial charge in [0.2, 0.25) is 0 Å². The van der Waals surface area contributed by atoms with Gasteiger partial charge in [-0.3, -0.25) is 10.1 Å². The Morgan fingerprint density at radius 1 is 1.36 bits per heavy atom. The van der Waals surface area contributed by atoms with Crippen LogP contribution in [-0.2, 0) is 0 Å². The molecule has 4 heteroatoms. The third-order valence-corrected chi connectivity index (χ3v) is 1.94. The molecule has 1 aromatic carbocycles. The number of unbranched alkanes of at least 4 members (excludes halogenated alkanes) is 1. The molecular formula is C10H14N2O2. The molecule has 1 rings (SSSR count). The molecule has 0 bridgehead atoms. The summed E-state index contributed by atoms with van der Waals surface area (Å²) < 4.78 is 0. The van der Waals surface area contributed by atoms with Gasteiger partial charge in [-0.05, 0) is 18.6 Å². The van der Waals surface area contributed by atoms with Gasteiger partial charge in [-0.2, -0.15) is 0 Å². The van der Waals surface area contributed by atoms with E-state index in [0.717, 1.165) is 25.1 Å². The standard InChI is InChI=1S/C10H14N2O2/c1-2-3-8-11-9-4-6-10(7-5-9)12(13)14/h4-7,11H,2-3,8H2,1H3. The minimum Gasteiger partial charge on any atom is -0.385 e. The van der Waals surface area contributed by atoms with Crippen LogP contribution in [0.2, 0.25) is 0 Å². The molecule has 76 valence electrons. The minimum atomic E-state index is -0.393. The summed E-state index contributed by atoms with van der Waals surface area (Å²) in [5.74, 6) is 0. The maximum absolute atomic E-state index is 10.4. The van der Waals surface area contributed by atoms with E-state index in [4.69, 9.17) is 0 Å². The van der Waals surface area contributed by atoms with E-state index in [-0.39, 0.29) is 5.69 Å². The number of hydrogen-bond donors (Lipinski definition) is 1. The average Bonchev–Trinajstić information content (AvgIpc) is 2.19. The first kappa shape index (κ1) is 10.5. The van der Waals surface area contributed by atoms with Gasteiger partial charge in [0.25, 0.3) is 5.69 Å². The Labute approximate surface area is 83.1 Å². The van der Waals surface area contributed by atoms with Gasteiger partial charge >= 0.3 is 0 Å². The lowest BCUT2D eigenvalue weighted by Gasteiger charge is -2.03. The number of rotatable bonds is 5. The maximum Gasteiger partial charge on any atom is 0.269 e. The quantitative estimate of drug-likeness (QED) is 0.445. The van der Waals surface area contributed by atoms with Crippen LogP contribution in [0, 0.1) is 10.1 Å². The normalized spacial score (nSPS) is 9.79. The van der Waals surface area contributed by atoms with E-state index >= 15 is 0 Å². The van der Waals surface area contributed by atoms with E-state index in [2.05, 4.69) is 12.2 Å². The van der Waals surface area contributed by atoms with Crippen molar-refractivity contribution in [1.82, 2.24) is 0 Å². The summed E-state index contributed by atoms with van der Waals surface area (Å²) in [5.41, 5.74) is 1.06. The first-order valence-corrected chi connectivity index (χ1v) is 4.72. The summed E-state index contributed by atoms with van der Waals surface area (Å²) in [6.45, 7) is 3.03. The van der Waals surface area contributed by atoms with E-state index in [9.17, 15) is 10.1 Å². The topological polar surface area (TPSA) is 55.2 Å². The lowest BCUT2D eigenvalue weighted by atomic mass is 10.2. The lowest BCUT2D eigenvalue weighted by molar-refractivity contribution is -0.384. The lowest BCUT2D eigenvalue weighted by Crippen LogP contribution is -2.00. The van der Waals surface area contributed by atoms with Crippen LogP contribution in [0.1, 0.15) is 19.8 Å². The largest absolute Gasteiger partial charge is 0.385 e. The summed E-state index contributed by atoms with van der Waals surface area (Å²) in [6, 6.07) is 6.48. The van der Waals surface area contributed by atoms with Crippen LogP contribution < -0.4 is 5.32 Å². The molecular weight excluding hydrogens is 180 g/mol. The highest BCUT2D eigenvalue weighted by atomic mass is 16.6. The molecule has 0 saturated carbocycles. The average molecular weight is 194 g/mol. The van der Waals surface area contributed by atoms with Crippen molar-refractivity contribution in [2.75, 3.05) is 11.9 Å². The van der Waals surface area contributed by atoms with Gasteiger partial charge in [-0.1, -0.05) is 13.3 Å². The molecule has 0 aliphatic heterocycles. The fourth-order valence-corrected chi connectivity index (χ4v) is 1.11. The number of hydrogen-bond acceptors (Lipinski definition) is 3. The molecule has 0 atom stereocenters. The summed E-state index contributed by atoms with van der Waals surface area (Å²) >= 11 is 0. The summed E-state index contributed by atoms with van der Waals surface area (Å²) in [6.07, 6.45) is 2.25. The predicted octanol–water partition coefficient (Wildman–Crippen LogP) is 2.81. The van der Waals surface area contributed by atoms with Gasteiger partial charge in [0.05, 0.1) is 4.92 Å². The maximum atomic E-state index is 10.4. The third kappa shape index (κ3) is 3.05. The van der Waals surface area contributed by atoms with E-state index < -0.39 is 4.92 Å². The van der Waals surface area contributed by atoms with Gasteiger partial charge in [0, 0.05) is 24.4 Å². The zero-order valence-electron chi connectivity index (χ0n) is 8.19. The Bertz CT molecular complexity index is 295. The Balaban J connectivity index is 2.51. The highest BCUT2D eigenvalue weighted by molar-refractivity contribution is 5.48. The molecule has 1 N–H and O–H groups in total.